The Bertz CT molecular complexity index is 758. The molecule has 5 nitrogen and oxygen atoms in total. The standard InChI is InChI=1S/C21H26FN3O2/c1-16-4-2-3-5-19(16)24-11-13-25(14-12-24)20(10-15-27-21(23)26)17-6-8-18(22)9-7-17/h2-9,20H,10-15H2,1H3,(H2,23,26). The second-order valence-corrected chi connectivity index (χ2v) is 6.83. The number of aryl methyl sites for hydroxylation is 1. The summed E-state index contributed by atoms with van der Waals surface area (Å²) in [4.78, 5) is 15.7. The lowest BCUT2D eigenvalue weighted by molar-refractivity contribution is 0.122. The van der Waals surface area contributed by atoms with Gasteiger partial charge >= 0.3 is 6.09 Å². The molecule has 1 aliphatic rings. The van der Waals surface area contributed by atoms with Crippen LogP contribution in [0.5, 0.6) is 0 Å². The first-order valence-electron chi connectivity index (χ1n) is 9.27. The minimum absolute atomic E-state index is 0.0592. The van der Waals surface area contributed by atoms with Crippen molar-refractivity contribution in [2.24, 2.45) is 5.73 Å². The first kappa shape index (κ1) is 19.2. The van der Waals surface area contributed by atoms with Gasteiger partial charge < -0.3 is 15.4 Å². The van der Waals surface area contributed by atoms with Crippen molar-refractivity contribution in [3.05, 3.63) is 65.5 Å². The molecule has 1 fully saturated rings. The number of hydrogen-bond donors (Lipinski definition) is 1. The van der Waals surface area contributed by atoms with Crippen LogP contribution >= 0.6 is 0 Å². The summed E-state index contributed by atoms with van der Waals surface area (Å²) in [6.07, 6.45) is -0.143. The van der Waals surface area contributed by atoms with Crippen molar-refractivity contribution < 1.29 is 13.9 Å². The van der Waals surface area contributed by atoms with Gasteiger partial charge in [0.15, 0.2) is 0 Å². The van der Waals surface area contributed by atoms with Gasteiger partial charge in [-0.2, -0.15) is 0 Å². The molecule has 27 heavy (non-hydrogen) atoms. The van der Waals surface area contributed by atoms with Crippen LogP contribution in [0.25, 0.3) is 0 Å². The van der Waals surface area contributed by atoms with Crippen LogP contribution in [0, 0.1) is 12.7 Å². The number of nitrogens with two attached hydrogens (primary N) is 1. The van der Waals surface area contributed by atoms with Crippen molar-refractivity contribution >= 4 is 11.8 Å². The van der Waals surface area contributed by atoms with E-state index in [0.29, 0.717) is 6.42 Å². The molecule has 0 aliphatic carbocycles. The number of para-hydroxylation sites is 1. The van der Waals surface area contributed by atoms with Crippen molar-refractivity contribution in [3.63, 3.8) is 0 Å². The van der Waals surface area contributed by atoms with Crippen LogP contribution in [0.2, 0.25) is 0 Å². The summed E-state index contributed by atoms with van der Waals surface area (Å²) in [5.41, 5.74) is 8.65. The number of hydrogen-bond acceptors (Lipinski definition) is 4. The minimum Gasteiger partial charge on any atom is -0.450 e. The van der Waals surface area contributed by atoms with Crippen LogP contribution in [0.1, 0.15) is 23.6 Å². The van der Waals surface area contributed by atoms with E-state index in [-0.39, 0.29) is 18.5 Å². The Morgan fingerprint density at radius 2 is 1.78 bits per heavy atom. The van der Waals surface area contributed by atoms with Crippen LogP contribution in [0.15, 0.2) is 48.5 Å². The van der Waals surface area contributed by atoms with E-state index < -0.39 is 6.09 Å². The zero-order valence-electron chi connectivity index (χ0n) is 15.6. The topological polar surface area (TPSA) is 58.8 Å². The van der Waals surface area contributed by atoms with Gasteiger partial charge in [-0.15, -0.1) is 0 Å². The third-order valence-electron chi connectivity index (χ3n) is 5.10. The maximum absolute atomic E-state index is 13.3. The molecule has 0 aromatic heterocycles. The lowest BCUT2D eigenvalue weighted by Gasteiger charge is -2.41. The highest BCUT2D eigenvalue weighted by atomic mass is 19.1. The molecule has 6 heteroatoms. The Hall–Kier alpha value is -2.60. The number of carbonyl (C=O) groups excluding carboxylic acids is 1. The third-order valence-corrected chi connectivity index (χ3v) is 5.10. The van der Waals surface area contributed by atoms with E-state index in [4.69, 9.17) is 10.5 Å². The fraction of sp³-hybridized carbons (Fsp3) is 0.381. The van der Waals surface area contributed by atoms with Gasteiger partial charge in [-0.3, -0.25) is 4.90 Å². The average Bonchev–Trinajstić information content (AvgIpc) is 2.67. The van der Waals surface area contributed by atoms with Gasteiger partial charge in [0.25, 0.3) is 0 Å². The largest absolute Gasteiger partial charge is 0.450 e. The summed E-state index contributed by atoms with van der Waals surface area (Å²) < 4.78 is 18.3. The van der Waals surface area contributed by atoms with Crippen LogP contribution in [-0.2, 0) is 4.74 Å². The summed E-state index contributed by atoms with van der Waals surface area (Å²) in [7, 11) is 0. The first-order chi connectivity index (χ1) is 13.0. The fourth-order valence-corrected chi connectivity index (χ4v) is 3.71. The first-order valence-corrected chi connectivity index (χ1v) is 9.27. The highest BCUT2D eigenvalue weighted by molar-refractivity contribution is 5.64. The van der Waals surface area contributed by atoms with Crippen LogP contribution in [0.3, 0.4) is 0 Å². The molecular weight excluding hydrogens is 345 g/mol. The molecule has 3 rings (SSSR count). The number of anilines is 1. The van der Waals surface area contributed by atoms with Gasteiger partial charge in [0.05, 0.1) is 6.61 Å². The van der Waals surface area contributed by atoms with E-state index in [1.54, 1.807) is 12.1 Å². The molecule has 2 aromatic carbocycles. The molecule has 1 saturated heterocycles. The highest BCUT2D eigenvalue weighted by Gasteiger charge is 2.26. The SMILES string of the molecule is Cc1ccccc1N1CCN(C(CCOC(N)=O)c2ccc(F)cc2)CC1. The molecule has 1 unspecified atom stereocenters. The molecule has 0 spiro atoms. The van der Waals surface area contributed by atoms with E-state index in [2.05, 4.69) is 41.0 Å². The molecule has 2 N–H and O–H groups in total. The number of ether oxygens (including phenoxy) is 1. The Labute approximate surface area is 159 Å². The van der Waals surface area contributed by atoms with E-state index >= 15 is 0 Å². The number of amides is 1. The monoisotopic (exact) mass is 371 g/mol. The highest BCUT2D eigenvalue weighted by Crippen LogP contribution is 2.28. The van der Waals surface area contributed by atoms with Crippen LogP contribution in [0.4, 0.5) is 14.9 Å². The van der Waals surface area contributed by atoms with Crippen molar-refractivity contribution in [3.8, 4) is 0 Å². The predicted octanol–water partition coefficient (Wildman–Crippen LogP) is 3.48. The van der Waals surface area contributed by atoms with E-state index in [0.717, 1.165) is 31.7 Å². The Balaban J connectivity index is 1.68. The normalized spacial score (nSPS) is 16.1. The third kappa shape index (κ3) is 4.98. The molecule has 1 amide bonds. The average molecular weight is 371 g/mol. The Morgan fingerprint density at radius 1 is 1.11 bits per heavy atom. The second-order valence-electron chi connectivity index (χ2n) is 6.83. The summed E-state index contributed by atoms with van der Waals surface area (Å²) >= 11 is 0. The van der Waals surface area contributed by atoms with Crippen LogP contribution < -0.4 is 10.6 Å². The lowest BCUT2D eigenvalue weighted by Crippen LogP contribution is -2.48. The number of rotatable bonds is 6. The number of primary amides is 1. The number of carbonyl (C=O) groups is 1. The Kier molecular flexibility index (Phi) is 6.29. The number of halogens is 1. The molecule has 1 atom stereocenters. The van der Waals surface area contributed by atoms with Crippen molar-refractivity contribution in [2.75, 3.05) is 37.7 Å². The molecule has 1 aliphatic heterocycles. The minimum atomic E-state index is -0.766. The van der Waals surface area contributed by atoms with Crippen molar-refractivity contribution in [2.45, 2.75) is 19.4 Å². The lowest BCUT2D eigenvalue weighted by atomic mass is 10.0. The van der Waals surface area contributed by atoms with Gasteiger partial charge in [0.2, 0.25) is 0 Å². The molecule has 0 saturated carbocycles. The summed E-state index contributed by atoms with van der Waals surface area (Å²) in [5.74, 6) is -0.254. The van der Waals surface area contributed by atoms with Gasteiger partial charge in [0, 0.05) is 44.3 Å². The van der Waals surface area contributed by atoms with Crippen molar-refractivity contribution in [1.29, 1.82) is 0 Å². The van der Waals surface area contributed by atoms with Gasteiger partial charge in [-0.1, -0.05) is 30.3 Å². The number of nitrogens with zero attached hydrogens (tertiary/aromatic N) is 2. The van der Waals surface area contributed by atoms with Crippen LogP contribution in [-0.4, -0.2) is 43.8 Å². The molecule has 1 heterocycles. The summed E-state index contributed by atoms with van der Waals surface area (Å²) in [5, 5.41) is 0. The van der Waals surface area contributed by atoms with E-state index in [1.165, 1.54) is 23.4 Å². The molecule has 2 aromatic rings. The molecule has 0 radical (unpaired) electrons. The molecule has 0 bridgehead atoms. The zero-order chi connectivity index (χ0) is 19.2. The van der Waals surface area contributed by atoms with Gasteiger partial charge in [-0.25, -0.2) is 9.18 Å². The number of benzene rings is 2. The zero-order valence-corrected chi connectivity index (χ0v) is 15.6. The smallest absolute Gasteiger partial charge is 0.404 e. The van der Waals surface area contributed by atoms with E-state index in [1.807, 2.05) is 0 Å². The quantitative estimate of drug-likeness (QED) is 0.845. The Morgan fingerprint density at radius 3 is 2.41 bits per heavy atom. The van der Waals surface area contributed by atoms with Gasteiger partial charge in [-0.05, 0) is 36.2 Å². The molecule has 144 valence electrons. The molecular formula is C21H26FN3O2. The van der Waals surface area contributed by atoms with E-state index in [9.17, 15) is 9.18 Å². The van der Waals surface area contributed by atoms with Crippen molar-refractivity contribution in [1.82, 2.24) is 4.90 Å². The van der Waals surface area contributed by atoms with Gasteiger partial charge in [0.1, 0.15) is 5.82 Å². The maximum Gasteiger partial charge on any atom is 0.404 e. The second kappa shape index (κ2) is 8.86. The summed E-state index contributed by atoms with van der Waals surface area (Å²) in [6.45, 7) is 5.97. The maximum atomic E-state index is 13.3. The summed E-state index contributed by atoms with van der Waals surface area (Å²) in [6, 6.07) is 15.0. The predicted molar refractivity (Wildman–Crippen MR) is 104 cm³/mol. The number of piperazine rings is 1. The fourth-order valence-electron chi connectivity index (χ4n) is 3.71.